The van der Waals surface area contributed by atoms with Gasteiger partial charge in [-0.1, -0.05) is 18.2 Å². The van der Waals surface area contributed by atoms with Gasteiger partial charge in [-0.25, -0.2) is 13.2 Å². The van der Waals surface area contributed by atoms with Crippen LogP contribution in [0.4, 0.5) is 18.9 Å². The van der Waals surface area contributed by atoms with E-state index in [1.807, 2.05) is 0 Å². The normalized spacial score (nSPS) is 10.4. The smallest absolute Gasteiger partial charge is 0.223 e. The lowest BCUT2D eigenvalue weighted by atomic mass is 10.2. The van der Waals surface area contributed by atoms with Gasteiger partial charge >= 0.3 is 0 Å². The first kappa shape index (κ1) is 18.5. The number of benzene rings is 2. The highest BCUT2D eigenvalue weighted by Crippen LogP contribution is 2.18. The topological polar surface area (TPSA) is 49.4 Å². The number of hydrogen-bond donors (Lipinski definition) is 1. The van der Waals surface area contributed by atoms with E-state index in [0.717, 1.165) is 12.1 Å². The van der Waals surface area contributed by atoms with Crippen molar-refractivity contribution in [2.24, 2.45) is 0 Å². The third kappa shape index (κ3) is 5.07. The van der Waals surface area contributed by atoms with Crippen LogP contribution in [0.2, 0.25) is 0 Å². The summed E-state index contributed by atoms with van der Waals surface area (Å²) in [4.78, 5) is 24.8. The monoisotopic (exact) mass is 350 g/mol. The molecule has 0 radical (unpaired) electrons. The average Bonchev–Trinajstić information content (AvgIpc) is 2.57. The van der Waals surface area contributed by atoms with Crippen LogP contribution in [0.1, 0.15) is 18.9 Å². The Balaban J connectivity index is 1.94. The highest BCUT2D eigenvalue weighted by molar-refractivity contribution is 5.92. The predicted molar refractivity (Wildman–Crippen MR) is 87.2 cm³/mol. The van der Waals surface area contributed by atoms with Crippen molar-refractivity contribution in [2.75, 3.05) is 11.4 Å². The summed E-state index contributed by atoms with van der Waals surface area (Å²) in [6.45, 7) is 1.28. The number of amides is 2. The molecule has 0 aliphatic rings. The van der Waals surface area contributed by atoms with Gasteiger partial charge in [0, 0.05) is 43.8 Å². The van der Waals surface area contributed by atoms with E-state index in [-0.39, 0.29) is 25.2 Å². The average molecular weight is 350 g/mol. The molecule has 7 heteroatoms. The summed E-state index contributed by atoms with van der Waals surface area (Å²) >= 11 is 0. The van der Waals surface area contributed by atoms with Gasteiger partial charge < -0.3 is 10.2 Å². The molecule has 2 rings (SSSR count). The summed E-state index contributed by atoms with van der Waals surface area (Å²) in [7, 11) is 0. The molecule has 0 aromatic heterocycles. The molecule has 0 saturated heterocycles. The van der Waals surface area contributed by atoms with Crippen molar-refractivity contribution >= 4 is 17.5 Å². The molecule has 0 heterocycles. The van der Waals surface area contributed by atoms with Crippen molar-refractivity contribution in [1.29, 1.82) is 0 Å². The largest absolute Gasteiger partial charge is 0.352 e. The van der Waals surface area contributed by atoms with Gasteiger partial charge in [-0.3, -0.25) is 9.59 Å². The van der Waals surface area contributed by atoms with Crippen molar-refractivity contribution in [3.8, 4) is 0 Å². The van der Waals surface area contributed by atoms with Gasteiger partial charge in [0.2, 0.25) is 11.8 Å². The second-order valence-electron chi connectivity index (χ2n) is 5.39. The summed E-state index contributed by atoms with van der Waals surface area (Å²) < 4.78 is 39.8. The number of nitrogens with zero attached hydrogens (tertiary/aromatic N) is 1. The molecule has 25 heavy (non-hydrogen) atoms. The second-order valence-corrected chi connectivity index (χ2v) is 5.39. The van der Waals surface area contributed by atoms with Crippen LogP contribution in [-0.4, -0.2) is 18.4 Å². The Morgan fingerprint density at radius 1 is 1.00 bits per heavy atom. The number of hydrogen-bond acceptors (Lipinski definition) is 2. The minimum absolute atomic E-state index is 0.0104. The molecule has 0 spiro atoms. The molecule has 132 valence electrons. The minimum atomic E-state index is -1.08. The summed E-state index contributed by atoms with van der Waals surface area (Å²) in [5.41, 5.74) is 0.508. The Kier molecular flexibility index (Phi) is 6.16. The Morgan fingerprint density at radius 2 is 1.72 bits per heavy atom. The highest BCUT2D eigenvalue weighted by atomic mass is 19.2. The molecular weight excluding hydrogens is 333 g/mol. The molecule has 2 aromatic rings. The highest BCUT2D eigenvalue weighted by Gasteiger charge is 2.15. The maximum atomic E-state index is 13.5. The SMILES string of the molecule is CC(=O)N(CCC(=O)NCc1ccccc1F)c1ccc(F)c(F)c1. The first-order chi connectivity index (χ1) is 11.9. The van der Waals surface area contributed by atoms with Crippen molar-refractivity contribution < 1.29 is 22.8 Å². The van der Waals surface area contributed by atoms with Crippen LogP contribution >= 0.6 is 0 Å². The molecule has 2 aromatic carbocycles. The Hall–Kier alpha value is -2.83. The van der Waals surface area contributed by atoms with Crippen LogP contribution in [-0.2, 0) is 16.1 Å². The van der Waals surface area contributed by atoms with Crippen LogP contribution < -0.4 is 10.2 Å². The van der Waals surface area contributed by atoms with Crippen molar-refractivity contribution in [3.63, 3.8) is 0 Å². The van der Waals surface area contributed by atoms with Crippen LogP contribution in [0.25, 0.3) is 0 Å². The Labute approximate surface area is 143 Å². The fraction of sp³-hybridized carbons (Fsp3) is 0.222. The van der Waals surface area contributed by atoms with E-state index < -0.39 is 29.3 Å². The molecule has 1 N–H and O–H groups in total. The van der Waals surface area contributed by atoms with Gasteiger partial charge in [-0.2, -0.15) is 0 Å². The Morgan fingerprint density at radius 3 is 2.36 bits per heavy atom. The lowest BCUT2D eigenvalue weighted by Crippen LogP contribution is -2.33. The molecule has 0 atom stereocenters. The number of anilines is 1. The third-order valence-electron chi connectivity index (χ3n) is 3.59. The molecule has 0 saturated carbocycles. The molecule has 0 bridgehead atoms. The van der Waals surface area contributed by atoms with E-state index >= 15 is 0 Å². The maximum Gasteiger partial charge on any atom is 0.223 e. The summed E-state index contributed by atoms with van der Waals surface area (Å²) in [6, 6.07) is 9.13. The number of halogens is 3. The summed E-state index contributed by atoms with van der Waals surface area (Å²) in [6.07, 6.45) is -0.0625. The van der Waals surface area contributed by atoms with Crippen molar-refractivity contribution in [2.45, 2.75) is 19.9 Å². The fourth-order valence-corrected chi connectivity index (χ4v) is 2.26. The first-order valence-corrected chi connectivity index (χ1v) is 7.61. The van der Waals surface area contributed by atoms with Gasteiger partial charge in [0.15, 0.2) is 11.6 Å². The number of carbonyl (C=O) groups is 2. The first-order valence-electron chi connectivity index (χ1n) is 7.61. The van der Waals surface area contributed by atoms with Gasteiger partial charge in [0.1, 0.15) is 5.82 Å². The van der Waals surface area contributed by atoms with Crippen LogP contribution in [0.15, 0.2) is 42.5 Å². The van der Waals surface area contributed by atoms with E-state index in [0.29, 0.717) is 5.56 Å². The zero-order valence-corrected chi connectivity index (χ0v) is 13.6. The molecule has 0 aliphatic heterocycles. The lowest BCUT2D eigenvalue weighted by Gasteiger charge is -2.21. The zero-order valence-electron chi connectivity index (χ0n) is 13.6. The lowest BCUT2D eigenvalue weighted by molar-refractivity contribution is -0.121. The summed E-state index contributed by atoms with van der Waals surface area (Å²) in [5, 5.41) is 2.56. The van der Waals surface area contributed by atoms with Gasteiger partial charge in [-0.05, 0) is 18.2 Å². The maximum absolute atomic E-state index is 13.5. The molecule has 0 aliphatic carbocycles. The standard InChI is InChI=1S/C18H17F3N2O2/c1-12(24)23(14-6-7-16(20)17(21)10-14)9-8-18(25)22-11-13-4-2-3-5-15(13)19/h2-7,10H,8-9,11H2,1H3,(H,22,25). The van der Waals surface area contributed by atoms with Crippen LogP contribution in [0, 0.1) is 17.5 Å². The quantitative estimate of drug-likeness (QED) is 0.870. The second kappa shape index (κ2) is 8.32. The number of carbonyl (C=O) groups excluding carboxylic acids is 2. The van der Waals surface area contributed by atoms with E-state index in [1.165, 1.54) is 24.0 Å². The molecular formula is C18H17F3N2O2. The van der Waals surface area contributed by atoms with E-state index in [4.69, 9.17) is 0 Å². The summed E-state index contributed by atoms with van der Waals surface area (Å²) in [5.74, 6) is -3.32. The predicted octanol–water partition coefficient (Wildman–Crippen LogP) is 3.16. The number of nitrogens with one attached hydrogen (secondary N) is 1. The van der Waals surface area contributed by atoms with Crippen LogP contribution in [0.5, 0.6) is 0 Å². The van der Waals surface area contributed by atoms with Gasteiger partial charge in [-0.15, -0.1) is 0 Å². The van der Waals surface area contributed by atoms with Crippen molar-refractivity contribution in [3.05, 3.63) is 65.5 Å². The molecule has 0 unspecified atom stereocenters. The van der Waals surface area contributed by atoms with Crippen molar-refractivity contribution in [1.82, 2.24) is 5.32 Å². The fourth-order valence-electron chi connectivity index (χ4n) is 2.26. The van der Waals surface area contributed by atoms with E-state index in [9.17, 15) is 22.8 Å². The number of rotatable bonds is 6. The molecule has 0 fully saturated rings. The minimum Gasteiger partial charge on any atom is -0.352 e. The molecule has 2 amide bonds. The van der Waals surface area contributed by atoms with E-state index in [2.05, 4.69) is 5.32 Å². The Bertz CT molecular complexity index is 781. The zero-order chi connectivity index (χ0) is 18.4. The third-order valence-corrected chi connectivity index (χ3v) is 3.59. The van der Waals surface area contributed by atoms with Gasteiger partial charge in [0.05, 0.1) is 0 Å². The van der Waals surface area contributed by atoms with Gasteiger partial charge in [0.25, 0.3) is 0 Å². The van der Waals surface area contributed by atoms with E-state index in [1.54, 1.807) is 18.2 Å². The van der Waals surface area contributed by atoms with Crippen LogP contribution in [0.3, 0.4) is 0 Å². The molecule has 4 nitrogen and oxygen atoms in total.